The average Bonchev–Trinajstić information content (AvgIpc) is 3.22. The molecule has 0 bridgehead atoms. The lowest BCUT2D eigenvalue weighted by Crippen LogP contribution is -2.60. The zero-order valence-electron chi connectivity index (χ0n) is 19.6. The summed E-state index contributed by atoms with van der Waals surface area (Å²) in [4.78, 5) is 48.7. The maximum absolute atomic E-state index is 13.5. The number of carbonyl (C=O) groups excluding carboxylic acids is 3. The van der Waals surface area contributed by atoms with E-state index >= 15 is 0 Å². The number of rotatable bonds is 6. The lowest BCUT2D eigenvalue weighted by atomic mass is 9.96. The molecule has 2 aliphatic heterocycles. The summed E-state index contributed by atoms with van der Waals surface area (Å²) in [5, 5.41) is 0. The third kappa shape index (κ3) is 4.77. The Labute approximate surface area is 195 Å². The lowest BCUT2D eigenvalue weighted by Gasteiger charge is -2.41. The number of hydrogen-bond donors (Lipinski definition) is 0. The van der Waals surface area contributed by atoms with Gasteiger partial charge in [-0.05, 0) is 43.5 Å². The molecule has 0 N–H and O–H groups in total. The van der Waals surface area contributed by atoms with Crippen LogP contribution in [0, 0.1) is 5.92 Å². The number of amides is 3. The molecule has 0 radical (unpaired) electrons. The van der Waals surface area contributed by atoms with Crippen molar-refractivity contribution in [1.82, 2.24) is 19.7 Å². The van der Waals surface area contributed by atoms with Crippen LogP contribution < -0.4 is 0 Å². The predicted octanol–water partition coefficient (Wildman–Crippen LogP) is 2.61. The fraction of sp³-hybridized carbons (Fsp3) is 0.462. The van der Waals surface area contributed by atoms with E-state index in [0.29, 0.717) is 32.6 Å². The Morgan fingerprint density at radius 2 is 1.91 bits per heavy atom. The van der Waals surface area contributed by atoms with Crippen LogP contribution >= 0.6 is 0 Å². The summed E-state index contributed by atoms with van der Waals surface area (Å²) in [6.45, 7) is 7.97. The van der Waals surface area contributed by atoms with Crippen LogP contribution in [0.4, 0.5) is 0 Å². The molecular weight excluding hydrogens is 416 g/mol. The quantitative estimate of drug-likeness (QED) is 0.681. The largest absolute Gasteiger partial charge is 0.339 e. The molecule has 2 aromatic rings. The van der Waals surface area contributed by atoms with Crippen molar-refractivity contribution < 1.29 is 14.4 Å². The average molecular weight is 449 g/mol. The first kappa shape index (κ1) is 23.0. The molecular formula is C26H32N4O3. The second-order valence-electron chi connectivity index (χ2n) is 9.15. The SMILES string of the molecule is CCN1CCN(C(=O)[C@@H]2CC(=O)N(C(C)C)C2)[C@H](Cc2cccc(-c3cccnc3)c2)C1=O. The van der Waals surface area contributed by atoms with Gasteiger partial charge in [-0.15, -0.1) is 0 Å². The first-order valence-corrected chi connectivity index (χ1v) is 11.8. The molecule has 7 heteroatoms. The van der Waals surface area contributed by atoms with Crippen LogP contribution in [0.15, 0.2) is 48.8 Å². The van der Waals surface area contributed by atoms with Crippen LogP contribution in [0.2, 0.25) is 0 Å². The second kappa shape index (κ2) is 9.73. The van der Waals surface area contributed by atoms with Crippen LogP contribution in [0.5, 0.6) is 0 Å². The van der Waals surface area contributed by atoms with Gasteiger partial charge >= 0.3 is 0 Å². The Morgan fingerprint density at radius 1 is 1.12 bits per heavy atom. The zero-order chi connectivity index (χ0) is 23.5. The van der Waals surface area contributed by atoms with E-state index < -0.39 is 6.04 Å². The number of hydrogen-bond acceptors (Lipinski definition) is 4. The van der Waals surface area contributed by atoms with E-state index in [0.717, 1.165) is 16.7 Å². The summed E-state index contributed by atoms with van der Waals surface area (Å²) in [5.41, 5.74) is 3.04. The molecule has 3 heterocycles. The molecule has 174 valence electrons. The van der Waals surface area contributed by atoms with Crippen molar-refractivity contribution in [2.24, 2.45) is 5.92 Å². The molecule has 1 aromatic heterocycles. The van der Waals surface area contributed by atoms with Gasteiger partial charge in [0.25, 0.3) is 0 Å². The normalized spacial score (nSPS) is 21.3. The molecule has 4 rings (SSSR count). The van der Waals surface area contributed by atoms with Gasteiger partial charge in [0, 0.05) is 57.5 Å². The monoisotopic (exact) mass is 448 g/mol. The number of carbonyl (C=O) groups is 3. The van der Waals surface area contributed by atoms with Crippen LogP contribution in [-0.4, -0.2) is 75.7 Å². The van der Waals surface area contributed by atoms with E-state index in [-0.39, 0.29) is 36.1 Å². The van der Waals surface area contributed by atoms with Gasteiger partial charge in [-0.25, -0.2) is 0 Å². The fourth-order valence-electron chi connectivity index (χ4n) is 4.88. The van der Waals surface area contributed by atoms with Crippen molar-refractivity contribution in [3.8, 4) is 11.1 Å². The van der Waals surface area contributed by atoms with Gasteiger partial charge in [0.2, 0.25) is 17.7 Å². The number of piperazine rings is 1. The van der Waals surface area contributed by atoms with Gasteiger partial charge in [0.1, 0.15) is 6.04 Å². The van der Waals surface area contributed by atoms with Gasteiger partial charge in [-0.2, -0.15) is 0 Å². The molecule has 33 heavy (non-hydrogen) atoms. The molecule has 0 aliphatic carbocycles. The summed E-state index contributed by atoms with van der Waals surface area (Å²) < 4.78 is 0. The molecule has 0 spiro atoms. The fourth-order valence-corrected chi connectivity index (χ4v) is 4.88. The maximum atomic E-state index is 13.5. The summed E-state index contributed by atoms with van der Waals surface area (Å²) in [7, 11) is 0. The topological polar surface area (TPSA) is 73.8 Å². The van der Waals surface area contributed by atoms with E-state index in [1.807, 2.05) is 62.2 Å². The van der Waals surface area contributed by atoms with Crippen molar-refractivity contribution in [1.29, 1.82) is 0 Å². The first-order valence-electron chi connectivity index (χ1n) is 11.8. The van der Waals surface area contributed by atoms with Crippen LogP contribution in [-0.2, 0) is 20.8 Å². The molecule has 2 atom stereocenters. The Hall–Kier alpha value is -3.22. The van der Waals surface area contributed by atoms with Gasteiger partial charge in [0.15, 0.2) is 0 Å². The Bertz CT molecular complexity index is 1020. The van der Waals surface area contributed by atoms with Crippen LogP contribution in [0.25, 0.3) is 11.1 Å². The Balaban J connectivity index is 1.57. The molecule has 1 aromatic carbocycles. The van der Waals surface area contributed by atoms with Crippen molar-refractivity contribution in [2.75, 3.05) is 26.2 Å². The van der Waals surface area contributed by atoms with Gasteiger partial charge in [-0.3, -0.25) is 19.4 Å². The molecule has 0 saturated carbocycles. The zero-order valence-corrected chi connectivity index (χ0v) is 19.6. The minimum Gasteiger partial charge on any atom is -0.339 e. The first-order chi connectivity index (χ1) is 15.9. The lowest BCUT2D eigenvalue weighted by molar-refractivity contribution is -0.153. The van der Waals surface area contributed by atoms with Crippen molar-refractivity contribution in [3.05, 3.63) is 54.4 Å². The number of pyridine rings is 1. The highest BCUT2D eigenvalue weighted by Gasteiger charge is 2.43. The highest BCUT2D eigenvalue weighted by Crippen LogP contribution is 2.27. The number of nitrogens with zero attached hydrogens (tertiary/aromatic N) is 4. The van der Waals surface area contributed by atoms with Crippen LogP contribution in [0.1, 0.15) is 32.8 Å². The predicted molar refractivity (Wildman–Crippen MR) is 126 cm³/mol. The van der Waals surface area contributed by atoms with Gasteiger partial charge < -0.3 is 14.7 Å². The summed E-state index contributed by atoms with van der Waals surface area (Å²) in [6.07, 6.45) is 4.23. The molecule has 2 fully saturated rings. The van der Waals surface area contributed by atoms with E-state index in [4.69, 9.17) is 0 Å². The van der Waals surface area contributed by atoms with E-state index in [1.54, 1.807) is 16.0 Å². The van der Waals surface area contributed by atoms with Crippen molar-refractivity contribution in [3.63, 3.8) is 0 Å². The third-order valence-corrected chi connectivity index (χ3v) is 6.73. The van der Waals surface area contributed by atoms with Gasteiger partial charge in [0.05, 0.1) is 5.92 Å². The number of likely N-dealkylation sites (N-methyl/N-ethyl adjacent to an activating group) is 1. The molecule has 3 amide bonds. The summed E-state index contributed by atoms with van der Waals surface area (Å²) >= 11 is 0. The third-order valence-electron chi connectivity index (χ3n) is 6.73. The highest BCUT2D eigenvalue weighted by molar-refractivity contribution is 5.93. The Kier molecular flexibility index (Phi) is 6.77. The van der Waals surface area contributed by atoms with Crippen LogP contribution in [0.3, 0.4) is 0 Å². The van der Waals surface area contributed by atoms with E-state index in [2.05, 4.69) is 11.1 Å². The van der Waals surface area contributed by atoms with Crippen molar-refractivity contribution >= 4 is 17.7 Å². The molecule has 7 nitrogen and oxygen atoms in total. The number of likely N-dealkylation sites (tertiary alicyclic amines) is 1. The minimum atomic E-state index is -0.557. The highest BCUT2D eigenvalue weighted by atomic mass is 16.2. The smallest absolute Gasteiger partial charge is 0.245 e. The standard InChI is InChI=1S/C26H32N4O3/c1-4-28-11-12-29(25(32)22-15-24(31)30(17-22)18(2)3)23(26(28)33)14-19-7-5-8-20(13-19)21-9-6-10-27-16-21/h5-10,13,16,18,22-23H,4,11-12,14-15,17H2,1-3H3/t22-,23-/m1/s1. The Morgan fingerprint density at radius 3 is 2.58 bits per heavy atom. The number of aromatic nitrogens is 1. The van der Waals surface area contributed by atoms with E-state index in [9.17, 15) is 14.4 Å². The number of benzene rings is 1. The summed E-state index contributed by atoms with van der Waals surface area (Å²) in [5.74, 6) is -0.467. The molecule has 0 unspecified atom stereocenters. The van der Waals surface area contributed by atoms with Crippen molar-refractivity contribution in [2.45, 2.75) is 45.7 Å². The maximum Gasteiger partial charge on any atom is 0.245 e. The van der Waals surface area contributed by atoms with Gasteiger partial charge in [-0.1, -0.05) is 30.3 Å². The molecule has 2 aliphatic rings. The van der Waals surface area contributed by atoms with E-state index in [1.165, 1.54) is 0 Å². The summed E-state index contributed by atoms with van der Waals surface area (Å²) in [6, 6.07) is 11.5. The molecule has 2 saturated heterocycles. The minimum absolute atomic E-state index is 0.0163. The second-order valence-corrected chi connectivity index (χ2v) is 9.15.